The number of rotatable bonds is 5. The second-order valence-corrected chi connectivity index (χ2v) is 6.02. The molecule has 5 nitrogen and oxygen atoms in total. The minimum atomic E-state index is -0.0636. The molecule has 1 atom stereocenters. The van der Waals surface area contributed by atoms with E-state index in [-0.39, 0.29) is 12.1 Å². The van der Waals surface area contributed by atoms with Crippen LogP contribution in [0, 0.1) is 0 Å². The summed E-state index contributed by atoms with van der Waals surface area (Å²) in [6, 6.07) is 10.3. The van der Waals surface area contributed by atoms with Crippen LogP contribution < -0.4 is 10.6 Å². The second-order valence-electron chi connectivity index (χ2n) is 6.02. The standard InChI is InChI=1S/C18H24N4O/c1-2-22-12-9-15(13-22)21-18(23)20-11-8-14-7-10-19-17-6-4-3-5-16(14)17/h3-7,10,15H,2,8-9,11-13H2,1H3,(H2,20,21,23). The van der Waals surface area contributed by atoms with Crippen molar-refractivity contribution in [3.05, 3.63) is 42.1 Å². The zero-order valence-electron chi connectivity index (χ0n) is 13.6. The average Bonchev–Trinajstić information content (AvgIpc) is 3.02. The van der Waals surface area contributed by atoms with Gasteiger partial charge in [0.15, 0.2) is 0 Å². The van der Waals surface area contributed by atoms with Gasteiger partial charge >= 0.3 is 6.03 Å². The maximum Gasteiger partial charge on any atom is 0.315 e. The number of fused-ring (bicyclic) bond motifs is 1. The molecule has 122 valence electrons. The average molecular weight is 312 g/mol. The first-order chi connectivity index (χ1) is 11.3. The molecule has 5 heteroatoms. The molecule has 2 aromatic rings. The van der Waals surface area contributed by atoms with Gasteiger partial charge in [0.2, 0.25) is 0 Å². The molecular formula is C18H24N4O. The minimum Gasteiger partial charge on any atom is -0.338 e. The van der Waals surface area contributed by atoms with Crippen molar-refractivity contribution in [3.8, 4) is 0 Å². The molecule has 0 aliphatic carbocycles. The lowest BCUT2D eigenvalue weighted by Crippen LogP contribution is -2.43. The van der Waals surface area contributed by atoms with Crippen molar-refractivity contribution in [2.24, 2.45) is 0 Å². The number of likely N-dealkylation sites (tertiary alicyclic amines) is 1. The van der Waals surface area contributed by atoms with Crippen molar-refractivity contribution in [2.45, 2.75) is 25.8 Å². The number of amides is 2. The Bertz CT molecular complexity index is 668. The van der Waals surface area contributed by atoms with Crippen LogP contribution in [0.5, 0.6) is 0 Å². The highest BCUT2D eigenvalue weighted by Crippen LogP contribution is 2.16. The van der Waals surface area contributed by atoms with E-state index in [9.17, 15) is 4.79 Å². The number of hydrogen-bond donors (Lipinski definition) is 2. The number of pyridine rings is 1. The zero-order chi connectivity index (χ0) is 16.1. The van der Waals surface area contributed by atoms with Gasteiger partial charge in [0.1, 0.15) is 0 Å². The molecule has 0 bridgehead atoms. The van der Waals surface area contributed by atoms with Crippen molar-refractivity contribution >= 4 is 16.9 Å². The highest BCUT2D eigenvalue weighted by Gasteiger charge is 2.22. The number of benzene rings is 1. The molecule has 0 radical (unpaired) electrons. The lowest BCUT2D eigenvalue weighted by molar-refractivity contribution is 0.236. The van der Waals surface area contributed by atoms with Crippen LogP contribution in [0.15, 0.2) is 36.5 Å². The van der Waals surface area contributed by atoms with E-state index in [1.807, 2.05) is 30.5 Å². The Morgan fingerprint density at radius 1 is 1.35 bits per heavy atom. The lowest BCUT2D eigenvalue weighted by atomic mass is 10.1. The van der Waals surface area contributed by atoms with Crippen LogP contribution in [0.25, 0.3) is 10.9 Å². The Morgan fingerprint density at radius 3 is 3.04 bits per heavy atom. The van der Waals surface area contributed by atoms with Gasteiger partial charge in [-0.15, -0.1) is 0 Å². The molecule has 1 aromatic carbocycles. The van der Waals surface area contributed by atoms with Crippen molar-refractivity contribution < 1.29 is 4.79 Å². The fourth-order valence-corrected chi connectivity index (χ4v) is 3.16. The van der Waals surface area contributed by atoms with Crippen LogP contribution in [0.3, 0.4) is 0 Å². The number of nitrogens with zero attached hydrogens (tertiary/aromatic N) is 2. The van der Waals surface area contributed by atoms with E-state index in [0.717, 1.165) is 43.4 Å². The van der Waals surface area contributed by atoms with Gasteiger partial charge in [-0.1, -0.05) is 25.1 Å². The predicted molar refractivity (Wildman–Crippen MR) is 92.5 cm³/mol. The second kappa shape index (κ2) is 7.42. The molecule has 23 heavy (non-hydrogen) atoms. The Balaban J connectivity index is 1.48. The highest BCUT2D eigenvalue weighted by atomic mass is 16.2. The Kier molecular flexibility index (Phi) is 5.08. The van der Waals surface area contributed by atoms with Gasteiger partial charge in [-0.25, -0.2) is 4.79 Å². The van der Waals surface area contributed by atoms with E-state index in [1.54, 1.807) is 0 Å². The van der Waals surface area contributed by atoms with Crippen molar-refractivity contribution in [1.29, 1.82) is 0 Å². The van der Waals surface area contributed by atoms with Crippen LogP contribution in [-0.4, -0.2) is 48.1 Å². The molecule has 1 unspecified atom stereocenters. The van der Waals surface area contributed by atoms with Gasteiger partial charge in [-0.05, 0) is 37.1 Å². The molecule has 1 aliphatic rings. The molecule has 1 saturated heterocycles. The fraction of sp³-hybridized carbons (Fsp3) is 0.444. The number of hydrogen-bond acceptors (Lipinski definition) is 3. The molecular weight excluding hydrogens is 288 g/mol. The van der Waals surface area contributed by atoms with E-state index in [0.29, 0.717) is 6.54 Å². The summed E-state index contributed by atoms with van der Waals surface area (Å²) >= 11 is 0. The van der Waals surface area contributed by atoms with Gasteiger partial charge in [0, 0.05) is 37.3 Å². The number of carbonyl (C=O) groups is 1. The first-order valence-corrected chi connectivity index (χ1v) is 8.35. The molecule has 2 N–H and O–H groups in total. The Labute approximate surface area is 137 Å². The molecule has 2 amide bonds. The minimum absolute atomic E-state index is 0.0636. The number of likely N-dealkylation sites (N-methyl/N-ethyl adjacent to an activating group) is 1. The number of nitrogens with one attached hydrogen (secondary N) is 2. The zero-order valence-corrected chi connectivity index (χ0v) is 13.6. The third-order valence-electron chi connectivity index (χ3n) is 4.47. The maximum absolute atomic E-state index is 12.0. The molecule has 2 heterocycles. The predicted octanol–water partition coefficient (Wildman–Crippen LogP) is 2.17. The normalized spacial score (nSPS) is 18.2. The summed E-state index contributed by atoms with van der Waals surface area (Å²) in [6.45, 7) is 5.86. The molecule has 3 rings (SSSR count). The van der Waals surface area contributed by atoms with Gasteiger partial charge < -0.3 is 15.5 Å². The van der Waals surface area contributed by atoms with Gasteiger partial charge in [-0.2, -0.15) is 0 Å². The van der Waals surface area contributed by atoms with Crippen LogP contribution in [0.2, 0.25) is 0 Å². The smallest absolute Gasteiger partial charge is 0.315 e. The van der Waals surface area contributed by atoms with Crippen molar-refractivity contribution in [1.82, 2.24) is 20.5 Å². The number of carbonyl (C=O) groups excluding carboxylic acids is 1. The fourth-order valence-electron chi connectivity index (χ4n) is 3.16. The summed E-state index contributed by atoms with van der Waals surface area (Å²) in [4.78, 5) is 18.7. The third kappa shape index (κ3) is 3.99. The van der Waals surface area contributed by atoms with Gasteiger partial charge in [0.25, 0.3) is 0 Å². The largest absolute Gasteiger partial charge is 0.338 e. The summed E-state index contributed by atoms with van der Waals surface area (Å²) in [7, 11) is 0. The van der Waals surface area contributed by atoms with E-state index in [1.165, 1.54) is 5.56 Å². The summed E-state index contributed by atoms with van der Waals surface area (Å²) in [6.07, 6.45) is 3.67. The molecule has 1 fully saturated rings. The quantitative estimate of drug-likeness (QED) is 0.889. The Morgan fingerprint density at radius 2 is 2.22 bits per heavy atom. The third-order valence-corrected chi connectivity index (χ3v) is 4.47. The van der Waals surface area contributed by atoms with Crippen molar-refractivity contribution in [2.75, 3.05) is 26.2 Å². The van der Waals surface area contributed by atoms with Crippen LogP contribution >= 0.6 is 0 Å². The van der Waals surface area contributed by atoms with E-state index < -0.39 is 0 Å². The van der Waals surface area contributed by atoms with Gasteiger partial charge in [-0.3, -0.25) is 4.98 Å². The summed E-state index contributed by atoms with van der Waals surface area (Å²) in [5.41, 5.74) is 2.22. The SMILES string of the molecule is CCN1CCC(NC(=O)NCCc2ccnc3ccccc23)C1. The summed E-state index contributed by atoms with van der Waals surface area (Å²) < 4.78 is 0. The topological polar surface area (TPSA) is 57.3 Å². The number of aromatic nitrogens is 1. The Hall–Kier alpha value is -2.14. The monoisotopic (exact) mass is 312 g/mol. The molecule has 0 saturated carbocycles. The first-order valence-electron chi connectivity index (χ1n) is 8.35. The van der Waals surface area contributed by atoms with E-state index in [4.69, 9.17) is 0 Å². The van der Waals surface area contributed by atoms with Crippen LogP contribution in [0.4, 0.5) is 4.79 Å². The van der Waals surface area contributed by atoms with Crippen LogP contribution in [-0.2, 0) is 6.42 Å². The van der Waals surface area contributed by atoms with Crippen LogP contribution in [0.1, 0.15) is 18.9 Å². The highest BCUT2D eigenvalue weighted by molar-refractivity contribution is 5.82. The number of urea groups is 1. The lowest BCUT2D eigenvalue weighted by Gasteiger charge is -2.15. The molecule has 1 aliphatic heterocycles. The molecule has 1 aromatic heterocycles. The number of para-hydroxylation sites is 1. The summed E-state index contributed by atoms with van der Waals surface area (Å²) in [5.74, 6) is 0. The van der Waals surface area contributed by atoms with Crippen molar-refractivity contribution in [3.63, 3.8) is 0 Å². The maximum atomic E-state index is 12.0. The summed E-state index contributed by atoms with van der Waals surface area (Å²) in [5, 5.41) is 7.19. The van der Waals surface area contributed by atoms with E-state index >= 15 is 0 Å². The first kappa shape index (κ1) is 15.7. The van der Waals surface area contributed by atoms with E-state index in [2.05, 4.69) is 33.5 Å². The molecule has 0 spiro atoms. The van der Waals surface area contributed by atoms with Gasteiger partial charge in [0.05, 0.1) is 5.52 Å².